The van der Waals surface area contributed by atoms with Crippen molar-refractivity contribution in [2.75, 3.05) is 0 Å². The molecule has 0 aliphatic heterocycles. The lowest BCUT2D eigenvalue weighted by molar-refractivity contribution is 0.305. The third-order valence-electron chi connectivity index (χ3n) is 2.05. The van der Waals surface area contributed by atoms with Crippen molar-refractivity contribution in [1.29, 1.82) is 5.26 Å². The second kappa shape index (κ2) is 4.77. The van der Waals surface area contributed by atoms with Crippen LogP contribution in [0.25, 0.3) is 0 Å². The predicted molar refractivity (Wildman–Crippen MR) is 59.8 cm³/mol. The molecule has 4 heteroatoms. The summed E-state index contributed by atoms with van der Waals surface area (Å²) in [6, 6.07) is 7.95. The van der Waals surface area contributed by atoms with Crippen molar-refractivity contribution in [3.63, 3.8) is 0 Å². The number of hydrogen-bond acceptors (Lipinski definition) is 3. The molecule has 0 bridgehead atoms. The Morgan fingerprint density at radius 2 is 2.25 bits per heavy atom. The first-order valence-electron chi connectivity index (χ1n) is 4.63. The predicted octanol–water partition coefficient (Wildman–Crippen LogP) is 3.34. The Hall–Kier alpha value is -1.86. The molecule has 2 rings (SSSR count). The average Bonchev–Trinajstić information content (AvgIpc) is 2.79. The molecule has 2 aromatic rings. The summed E-state index contributed by atoms with van der Waals surface area (Å²) in [5.74, 6) is -0.118. The molecule has 0 atom stereocenters. The van der Waals surface area contributed by atoms with E-state index in [2.05, 4.69) is 0 Å². The largest absolute Gasteiger partial charge is 0.489 e. The minimum absolute atomic E-state index is 0.0304. The van der Waals surface area contributed by atoms with Crippen LogP contribution in [0.15, 0.2) is 35.0 Å². The van der Waals surface area contributed by atoms with E-state index in [1.54, 1.807) is 23.5 Å². The first kappa shape index (κ1) is 10.7. The van der Waals surface area contributed by atoms with E-state index in [9.17, 15) is 4.39 Å². The van der Waals surface area contributed by atoms with Gasteiger partial charge in [0, 0.05) is 6.07 Å². The van der Waals surface area contributed by atoms with E-state index in [-0.39, 0.29) is 5.56 Å². The zero-order valence-electron chi connectivity index (χ0n) is 8.31. The molecule has 0 fully saturated rings. The van der Waals surface area contributed by atoms with Crippen molar-refractivity contribution in [3.8, 4) is 11.8 Å². The molecule has 1 heterocycles. The molecule has 1 aromatic carbocycles. The fraction of sp³-hybridized carbons (Fsp3) is 0.0833. The smallest absolute Gasteiger partial charge is 0.144 e. The highest BCUT2D eigenvalue weighted by Gasteiger charge is 2.03. The van der Waals surface area contributed by atoms with Crippen LogP contribution in [0.4, 0.5) is 4.39 Å². The van der Waals surface area contributed by atoms with E-state index in [1.807, 2.05) is 16.8 Å². The normalized spacial score (nSPS) is 9.75. The third-order valence-corrected chi connectivity index (χ3v) is 2.78. The topological polar surface area (TPSA) is 33.0 Å². The minimum atomic E-state index is -0.551. The zero-order valence-corrected chi connectivity index (χ0v) is 9.13. The molecule has 0 N–H and O–H groups in total. The molecular weight excluding hydrogens is 225 g/mol. The highest BCUT2D eigenvalue weighted by atomic mass is 32.1. The molecule has 2 nitrogen and oxygen atoms in total. The van der Waals surface area contributed by atoms with Crippen molar-refractivity contribution in [3.05, 3.63) is 52.0 Å². The maximum Gasteiger partial charge on any atom is 0.144 e. The number of rotatable bonds is 3. The van der Waals surface area contributed by atoms with Crippen molar-refractivity contribution in [2.24, 2.45) is 0 Å². The number of nitriles is 1. The lowest BCUT2D eigenvalue weighted by Gasteiger charge is -2.04. The van der Waals surface area contributed by atoms with Gasteiger partial charge in [-0.15, -0.1) is 0 Å². The molecule has 0 spiro atoms. The van der Waals surface area contributed by atoms with Gasteiger partial charge in [-0.05, 0) is 34.5 Å². The van der Waals surface area contributed by atoms with Gasteiger partial charge < -0.3 is 4.74 Å². The Morgan fingerprint density at radius 3 is 2.88 bits per heavy atom. The summed E-state index contributed by atoms with van der Waals surface area (Å²) in [6.07, 6.45) is 0. The van der Waals surface area contributed by atoms with Gasteiger partial charge >= 0.3 is 0 Å². The van der Waals surface area contributed by atoms with E-state index >= 15 is 0 Å². The van der Waals surface area contributed by atoms with Crippen LogP contribution in [0, 0.1) is 17.1 Å². The van der Waals surface area contributed by atoms with Crippen molar-refractivity contribution in [1.82, 2.24) is 0 Å². The zero-order chi connectivity index (χ0) is 11.4. The van der Waals surface area contributed by atoms with E-state index in [4.69, 9.17) is 10.00 Å². The molecule has 0 radical (unpaired) electrons. The van der Waals surface area contributed by atoms with Crippen LogP contribution in [-0.2, 0) is 6.61 Å². The number of ether oxygens (including phenoxy) is 1. The van der Waals surface area contributed by atoms with Crippen molar-refractivity contribution >= 4 is 11.3 Å². The van der Waals surface area contributed by atoms with E-state index in [1.165, 1.54) is 12.1 Å². The molecule has 0 aliphatic rings. The van der Waals surface area contributed by atoms with Crippen molar-refractivity contribution < 1.29 is 9.13 Å². The van der Waals surface area contributed by atoms with E-state index < -0.39 is 5.82 Å². The van der Waals surface area contributed by atoms with E-state index in [0.29, 0.717) is 12.4 Å². The quantitative estimate of drug-likeness (QED) is 0.814. The highest BCUT2D eigenvalue weighted by molar-refractivity contribution is 7.07. The standard InChI is InChI=1S/C12H8FNOS/c13-12-5-11(2-1-10(12)6-14)15-7-9-3-4-16-8-9/h1-5,8H,7H2. The second-order valence-electron chi connectivity index (χ2n) is 3.17. The molecule has 1 aromatic heterocycles. The van der Waals surface area contributed by atoms with E-state index in [0.717, 1.165) is 5.56 Å². The summed E-state index contributed by atoms with van der Waals surface area (Å²) in [5.41, 5.74) is 1.08. The fourth-order valence-electron chi connectivity index (χ4n) is 1.22. The number of nitrogens with zero attached hydrogens (tertiary/aromatic N) is 1. The van der Waals surface area contributed by atoms with Gasteiger partial charge in [-0.3, -0.25) is 0 Å². The van der Waals surface area contributed by atoms with Crippen LogP contribution in [0.5, 0.6) is 5.75 Å². The highest BCUT2D eigenvalue weighted by Crippen LogP contribution is 2.18. The second-order valence-corrected chi connectivity index (χ2v) is 3.95. The Balaban J connectivity index is 2.06. The average molecular weight is 233 g/mol. The van der Waals surface area contributed by atoms with Crippen LogP contribution >= 0.6 is 11.3 Å². The number of benzene rings is 1. The molecule has 0 saturated heterocycles. The minimum Gasteiger partial charge on any atom is -0.489 e. The Morgan fingerprint density at radius 1 is 1.38 bits per heavy atom. The summed E-state index contributed by atoms with van der Waals surface area (Å²) in [6.45, 7) is 0.412. The van der Waals surface area contributed by atoms with Gasteiger partial charge in [-0.1, -0.05) is 0 Å². The number of thiophene rings is 1. The van der Waals surface area contributed by atoms with Gasteiger partial charge in [0.15, 0.2) is 0 Å². The van der Waals surface area contributed by atoms with Crippen LogP contribution in [0.1, 0.15) is 11.1 Å². The Bertz CT molecular complexity index is 516. The van der Waals surface area contributed by atoms with Crippen LogP contribution in [0.3, 0.4) is 0 Å². The Labute approximate surface area is 96.5 Å². The summed E-state index contributed by atoms with van der Waals surface area (Å²) in [5, 5.41) is 12.5. The molecule has 0 amide bonds. The first-order valence-corrected chi connectivity index (χ1v) is 5.57. The monoisotopic (exact) mass is 233 g/mol. The summed E-state index contributed by atoms with van der Waals surface area (Å²) >= 11 is 1.59. The van der Waals surface area contributed by atoms with Gasteiger partial charge in [-0.25, -0.2) is 4.39 Å². The summed E-state index contributed by atoms with van der Waals surface area (Å²) in [7, 11) is 0. The fourth-order valence-corrected chi connectivity index (χ4v) is 1.87. The van der Waals surface area contributed by atoms with Crippen LogP contribution in [0.2, 0.25) is 0 Å². The number of hydrogen-bond donors (Lipinski definition) is 0. The summed E-state index contributed by atoms with van der Waals surface area (Å²) in [4.78, 5) is 0. The van der Waals surface area contributed by atoms with Gasteiger partial charge in [-0.2, -0.15) is 16.6 Å². The van der Waals surface area contributed by atoms with Gasteiger partial charge in [0.1, 0.15) is 24.2 Å². The van der Waals surface area contributed by atoms with Crippen LogP contribution < -0.4 is 4.74 Å². The maximum atomic E-state index is 13.2. The third kappa shape index (κ3) is 2.38. The molecule has 80 valence electrons. The van der Waals surface area contributed by atoms with Crippen LogP contribution in [-0.4, -0.2) is 0 Å². The molecule has 0 saturated carbocycles. The molecule has 0 unspecified atom stereocenters. The SMILES string of the molecule is N#Cc1ccc(OCc2ccsc2)cc1F. The molecule has 16 heavy (non-hydrogen) atoms. The molecule has 0 aliphatic carbocycles. The summed E-state index contributed by atoms with van der Waals surface area (Å²) < 4.78 is 18.6. The Kier molecular flexibility index (Phi) is 3.18. The lowest BCUT2D eigenvalue weighted by atomic mass is 10.2. The maximum absolute atomic E-state index is 13.2. The first-order chi connectivity index (χ1) is 7.79. The van der Waals surface area contributed by atoms with Gasteiger partial charge in [0.2, 0.25) is 0 Å². The lowest BCUT2D eigenvalue weighted by Crippen LogP contribution is -1.94. The van der Waals surface area contributed by atoms with Crippen molar-refractivity contribution in [2.45, 2.75) is 6.61 Å². The number of halogens is 1. The molecular formula is C12H8FNOS. The van der Waals surface area contributed by atoms with Gasteiger partial charge in [0.05, 0.1) is 5.56 Å². The van der Waals surface area contributed by atoms with Gasteiger partial charge in [0.25, 0.3) is 0 Å².